The van der Waals surface area contributed by atoms with Crippen LogP contribution in [0.3, 0.4) is 0 Å². The minimum Gasteiger partial charge on any atom is -0.0882 e. The van der Waals surface area contributed by atoms with Gasteiger partial charge in [0.15, 0.2) is 0 Å². The Balaban J connectivity index is 2.46. The van der Waals surface area contributed by atoms with E-state index in [1.807, 2.05) is 0 Å². The standard InChI is InChI=1S/C14H18/c1-2-4-6-8-10-12-14-13-11-9-7-5-3-1/h1-8,13-14H,9-12H2/b3-1?,4-2?,7-5+,8-6+,14-13+. The molecule has 0 aromatic heterocycles. The normalized spacial score (nSPS) is 25.1. The van der Waals surface area contributed by atoms with E-state index in [0.29, 0.717) is 0 Å². The zero-order valence-corrected chi connectivity index (χ0v) is 8.60. The summed E-state index contributed by atoms with van der Waals surface area (Å²) in [4.78, 5) is 0. The van der Waals surface area contributed by atoms with Gasteiger partial charge in [0.1, 0.15) is 0 Å². The highest BCUT2D eigenvalue weighted by Gasteiger charge is 1.78. The molecule has 0 aromatic rings. The van der Waals surface area contributed by atoms with Gasteiger partial charge in [-0.15, -0.1) is 0 Å². The SMILES string of the molecule is C1=C/C=C/CC/C=C/CC/C=C/C=C1. The molecule has 0 aromatic carbocycles. The van der Waals surface area contributed by atoms with Crippen LogP contribution in [0.2, 0.25) is 0 Å². The second kappa shape index (κ2) is 8.31. The Morgan fingerprint density at radius 2 is 0.714 bits per heavy atom. The Labute approximate surface area is 87.0 Å². The van der Waals surface area contributed by atoms with Gasteiger partial charge in [0, 0.05) is 0 Å². The van der Waals surface area contributed by atoms with Crippen LogP contribution in [0, 0.1) is 0 Å². The van der Waals surface area contributed by atoms with E-state index in [2.05, 4.69) is 60.8 Å². The van der Waals surface area contributed by atoms with E-state index in [1.165, 1.54) is 0 Å². The van der Waals surface area contributed by atoms with Crippen LogP contribution < -0.4 is 0 Å². The first kappa shape index (κ1) is 10.8. The lowest BCUT2D eigenvalue weighted by Crippen LogP contribution is -1.68. The minimum atomic E-state index is 1.14. The Bertz CT molecular complexity index is 234. The lowest BCUT2D eigenvalue weighted by molar-refractivity contribution is 1.00. The van der Waals surface area contributed by atoms with E-state index in [1.54, 1.807) is 0 Å². The first-order chi connectivity index (χ1) is 7.00. The molecule has 0 nitrogen and oxygen atoms in total. The summed E-state index contributed by atoms with van der Waals surface area (Å²) in [5, 5.41) is 0. The lowest BCUT2D eigenvalue weighted by atomic mass is 10.2. The third kappa shape index (κ3) is 6.24. The van der Waals surface area contributed by atoms with Gasteiger partial charge in [0.05, 0.1) is 0 Å². The van der Waals surface area contributed by atoms with Gasteiger partial charge in [-0.3, -0.25) is 0 Å². The maximum atomic E-state index is 2.27. The summed E-state index contributed by atoms with van der Waals surface area (Å²) in [6, 6.07) is 0. The van der Waals surface area contributed by atoms with Crippen LogP contribution in [0.4, 0.5) is 0 Å². The van der Waals surface area contributed by atoms with Crippen molar-refractivity contribution in [3.8, 4) is 0 Å². The molecule has 0 spiro atoms. The van der Waals surface area contributed by atoms with E-state index in [4.69, 9.17) is 0 Å². The molecule has 0 bridgehead atoms. The molecule has 1 aliphatic rings. The van der Waals surface area contributed by atoms with Crippen molar-refractivity contribution in [3.05, 3.63) is 60.8 Å². The predicted molar refractivity (Wildman–Crippen MR) is 64.2 cm³/mol. The summed E-state index contributed by atoms with van der Waals surface area (Å²) in [5.41, 5.74) is 0. The molecule has 74 valence electrons. The quantitative estimate of drug-likeness (QED) is 0.494. The van der Waals surface area contributed by atoms with Gasteiger partial charge in [-0.25, -0.2) is 0 Å². The Hall–Kier alpha value is -1.30. The molecule has 0 aliphatic heterocycles. The van der Waals surface area contributed by atoms with Gasteiger partial charge in [-0.2, -0.15) is 0 Å². The van der Waals surface area contributed by atoms with Crippen LogP contribution in [0.25, 0.3) is 0 Å². The van der Waals surface area contributed by atoms with E-state index in [-0.39, 0.29) is 0 Å². The van der Waals surface area contributed by atoms with Gasteiger partial charge < -0.3 is 0 Å². The molecule has 0 amide bonds. The largest absolute Gasteiger partial charge is 0.0882 e. The van der Waals surface area contributed by atoms with Crippen molar-refractivity contribution in [2.45, 2.75) is 25.7 Å². The molecule has 0 atom stereocenters. The highest BCUT2D eigenvalue weighted by Crippen LogP contribution is 1.98. The number of hydrogen-bond acceptors (Lipinski definition) is 0. The Kier molecular flexibility index (Phi) is 6.39. The molecule has 0 saturated heterocycles. The zero-order chi connectivity index (χ0) is 9.90. The summed E-state index contributed by atoms with van der Waals surface area (Å²) in [7, 11) is 0. The third-order valence-electron chi connectivity index (χ3n) is 1.99. The second-order valence-electron chi connectivity index (χ2n) is 3.25. The van der Waals surface area contributed by atoms with Crippen LogP contribution in [0.15, 0.2) is 60.8 Å². The van der Waals surface area contributed by atoms with Crippen molar-refractivity contribution in [1.29, 1.82) is 0 Å². The molecule has 0 unspecified atom stereocenters. The Morgan fingerprint density at radius 3 is 1.21 bits per heavy atom. The maximum absolute atomic E-state index is 2.27. The topological polar surface area (TPSA) is 0 Å². The molecule has 0 N–H and O–H groups in total. The summed E-state index contributed by atoms with van der Waals surface area (Å²) < 4.78 is 0. The van der Waals surface area contributed by atoms with E-state index >= 15 is 0 Å². The highest BCUT2D eigenvalue weighted by molar-refractivity contribution is 5.15. The van der Waals surface area contributed by atoms with Gasteiger partial charge in [0.2, 0.25) is 0 Å². The van der Waals surface area contributed by atoms with Gasteiger partial charge in [0.25, 0.3) is 0 Å². The van der Waals surface area contributed by atoms with Crippen molar-refractivity contribution in [1.82, 2.24) is 0 Å². The molecule has 0 radical (unpaired) electrons. The van der Waals surface area contributed by atoms with E-state index in [9.17, 15) is 0 Å². The van der Waals surface area contributed by atoms with Gasteiger partial charge in [-0.1, -0.05) is 60.8 Å². The monoisotopic (exact) mass is 186 g/mol. The molecule has 14 heavy (non-hydrogen) atoms. The Morgan fingerprint density at radius 1 is 0.357 bits per heavy atom. The van der Waals surface area contributed by atoms with Crippen LogP contribution >= 0.6 is 0 Å². The predicted octanol–water partition coefficient (Wildman–Crippen LogP) is 4.34. The minimum absolute atomic E-state index is 1.14. The molecule has 1 rings (SSSR count). The molecule has 1 aliphatic carbocycles. The van der Waals surface area contributed by atoms with Crippen molar-refractivity contribution >= 4 is 0 Å². The smallest absolute Gasteiger partial charge is 0.0313 e. The molecule has 0 heterocycles. The second-order valence-corrected chi connectivity index (χ2v) is 3.25. The van der Waals surface area contributed by atoms with E-state index < -0.39 is 0 Å². The highest BCUT2D eigenvalue weighted by atomic mass is 13.8. The lowest BCUT2D eigenvalue weighted by Gasteiger charge is -1.88. The molecular weight excluding hydrogens is 168 g/mol. The average Bonchev–Trinajstić information content (AvgIpc) is 2.22. The number of hydrogen-bond donors (Lipinski definition) is 0. The molecule has 0 saturated carbocycles. The fraction of sp³-hybridized carbons (Fsp3) is 0.286. The first-order valence-corrected chi connectivity index (χ1v) is 5.30. The summed E-state index contributed by atoms with van der Waals surface area (Å²) in [6.07, 6.45) is 26.0. The fourth-order valence-electron chi connectivity index (χ4n) is 1.23. The van der Waals surface area contributed by atoms with Crippen LogP contribution in [-0.2, 0) is 0 Å². The van der Waals surface area contributed by atoms with Crippen molar-refractivity contribution < 1.29 is 0 Å². The third-order valence-corrected chi connectivity index (χ3v) is 1.99. The molecule has 0 heteroatoms. The zero-order valence-electron chi connectivity index (χ0n) is 8.60. The maximum Gasteiger partial charge on any atom is -0.0313 e. The first-order valence-electron chi connectivity index (χ1n) is 5.30. The van der Waals surface area contributed by atoms with Crippen LogP contribution in [-0.4, -0.2) is 0 Å². The summed E-state index contributed by atoms with van der Waals surface area (Å²) in [5.74, 6) is 0. The van der Waals surface area contributed by atoms with Crippen molar-refractivity contribution in [2.75, 3.05) is 0 Å². The van der Waals surface area contributed by atoms with Crippen molar-refractivity contribution in [2.24, 2.45) is 0 Å². The van der Waals surface area contributed by atoms with E-state index in [0.717, 1.165) is 25.7 Å². The van der Waals surface area contributed by atoms with Gasteiger partial charge >= 0.3 is 0 Å². The summed E-state index contributed by atoms with van der Waals surface area (Å²) in [6.45, 7) is 0. The molecular formula is C14H18. The number of allylic oxidation sites excluding steroid dienone is 10. The number of rotatable bonds is 0. The fourth-order valence-corrected chi connectivity index (χ4v) is 1.23. The van der Waals surface area contributed by atoms with Crippen LogP contribution in [0.1, 0.15) is 25.7 Å². The average molecular weight is 186 g/mol. The molecule has 0 fully saturated rings. The van der Waals surface area contributed by atoms with Gasteiger partial charge in [-0.05, 0) is 25.7 Å². The van der Waals surface area contributed by atoms with Crippen LogP contribution in [0.5, 0.6) is 0 Å². The van der Waals surface area contributed by atoms with Crippen molar-refractivity contribution in [3.63, 3.8) is 0 Å². The summed E-state index contributed by atoms with van der Waals surface area (Å²) >= 11 is 0.